The molecule has 0 saturated carbocycles. The number of hydrogen-bond acceptors (Lipinski definition) is 6. The second kappa shape index (κ2) is 10.2. The number of nitrogens with zero attached hydrogens (tertiary/aromatic N) is 6. The van der Waals surface area contributed by atoms with Crippen LogP contribution in [0.2, 0.25) is 5.02 Å². The molecule has 0 unspecified atom stereocenters. The minimum Gasteiger partial charge on any atom is -0.740 e. The number of benzene rings is 2. The SMILES string of the molecule is CNC(=O)Nc1cccc(-n2cnnc2[S-])c1.Clc1ccc2[n-]nnc2c1.[Au+3]. The van der Waals surface area contributed by atoms with E-state index in [2.05, 4.69) is 36.2 Å². The Kier molecular flexibility index (Phi) is 7.91. The summed E-state index contributed by atoms with van der Waals surface area (Å²) in [4.78, 5) is 11.2. The summed E-state index contributed by atoms with van der Waals surface area (Å²) in [6.45, 7) is 0. The van der Waals surface area contributed by atoms with E-state index < -0.39 is 0 Å². The van der Waals surface area contributed by atoms with Gasteiger partial charge in [0.25, 0.3) is 0 Å². The van der Waals surface area contributed by atoms with Gasteiger partial charge in [0.05, 0.1) is 0 Å². The summed E-state index contributed by atoms with van der Waals surface area (Å²) in [6, 6.07) is 12.3. The second-order valence-corrected chi connectivity index (χ2v) is 5.96. The van der Waals surface area contributed by atoms with Crippen molar-refractivity contribution in [3.63, 3.8) is 0 Å². The van der Waals surface area contributed by atoms with E-state index >= 15 is 0 Å². The molecule has 4 rings (SSSR count). The number of amides is 2. The van der Waals surface area contributed by atoms with Crippen LogP contribution in [0.1, 0.15) is 0 Å². The fourth-order valence-corrected chi connectivity index (χ4v) is 2.47. The summed E-state index contributed by atoms with van der Waals surface area (Å²) >= 11 is 10.7. The largest absolute Gasteiger partial charge is 3.00 e. The standard InChI is InChI=1S/C10H11N5OS.C6H3ClN3.Au/c1-11-9(16)13-7-3-2-4-8(5-7)15-6-12-14-10(15)17;7-4-1-2-5-6(3-4)9-10-8-5;/h2-6H,1H3,(H,14,17)(H2,11,13,16);1-3H;/q;-1;+3/p-1. The normalized spacial score (nSPS) is 9.79. The predicted molar refractivity (Wildman–Crippen MR) is 103 cm³/mol. The van der Waals surface area contributed by atoms with Gasteiger partial charge in [-0.25, -0.2) is 4.79 Å². The molecule has 0 aliphatic carbocycles. The number of anilines is 1. The van der Waals surface area contributed by atoms with E-state index in [0.29, 0.717) is 15.9 Å². The Morgan fingerprint density at radius 3 is 2.75 bits per heavy atom. The average molecular weight is 598 g/mol. The summed E-state index contributed by atoms with van der Waals surface area (Å²) in [5.74, 6) is 0. The van der Waals surface area contributed by atoms with Crippen LogP contribution >= 0.6 is 11.6 Å². The maximum atomic E-state index is 11.2. The Morgan fingerprint density at radius 1 is 1.21 bits per heavy atom. The Balaban J connectivity index is 0.000000217. The number of halogens is 1. The van der Waals surface area contributed by atoms with Gasteiger partial charge in [0.15, 0.2) is 0 Å². The van der Waals surface area contributed by atoms with Crippen molar-refractivity contribution < 1.29 is 27.2 Å². The van der Waals surface area contributed by atoms with Crippen LogP contribution in [0.5, 0.6) is 0 Å². The third-order valence-corrected chi connectivity index (χ3v) is 3.88. The molecule has 0 aliphatic rings. The maximum absolute atomic E-state index is 11.2. The molecule has 0 fully saturated rings. The number of aromatic nitrogens is 6. The molecule has 0 spiro atoms. The molecule has 0 bridgehead atoms. The van der Waals surface area contributed by atoms with Gasteiger partial charge in [-0.1, -0.05) is 23.7 Å². The molecule has 2 heterocycles. The second-order valence-electron chi connectivity index (χ2n) is 5.16. The van der Waals surface area contributed by atoms with Crippen LogP contribution in [0.15, 0.2) is 53.9 Å². The molecular weight excluding hydrogens is 585 g/mol. The van der Waals surface area contributed by atoms with Crippen LogP contribution in [0.25, 0.3) is 16.7 Å². The van der Waals surface area contributed by atoms with Gasteiger partial charge in [0.1, 0.15) is 6.33 Å². The van der Waals surface area contributed by atoms with Crippen molar-refractivity contribution in [2.24, 2.45) is 0 Å². The first-order chi connectivity index (χ1) is 13.1. The van der Waals surface area contributed by atoms with E-state index in [-0.39, 0.29) is 28.4 Å². The molecule has 0 atom stereocenters. The van der Waals surface area contributed by atoms with E-state index in [1.165, 1.54) is 6.33 Å². The van der Waals surface area contributed by atoms with Gasteiger partial charge in [0, 0.05) is 28.6 Å². The minimum atomic E-state index is -0.274. The fraction of sp³-hybridized carbons (Fsp3) is 0.0625. The zero-order chi connectivity index (χ0) is 19.2. The van der Waals surface area contributed by atoms with Crippen LogP contribution in [0.3, 0.4) is 0 Å². The minimum absolute atomic E-state index is 0. The third kappa shape index (κ3) is 5.50. The van der Waals surface area contributed by atoms with Crippen molar-refractivity contribution in [2.75, 3.05) is 12.4 Å². The zero-order valence-electron chi connectivity index (χ0n) is 14.3. The number of fused-ring (bicyclic) bond motifs is 1. The Labute approximate surface area is 186 Å². The number of urea groups is 1. The average Bonchev–Trinajstić information content (AvgIpc) is 3.30. The van der Waals surface area contributed by atoms with Gasteiger partial charge in [0.2, 0.25) is 0 Å². The number of carbonyl (C=O) groups is 1. The van der Waals surface area contributed by atoms with E-state index in [4.69, 9.17) is 24.2 Å². The van der Waals surface area contributed by atoms with Crippen LogP contribution < -0.4 is 15.7 Å². The molecule has 0 saturated heterocycles. The third-order valence-electron chi connectivity index (χ3n) is 3.37. The van der Waals surface area contributed by atoms with E-state index in [1.54, 1.807) is 41.9 Å². The fourth-order valence-electron chi connectivity index (χ4n) is 2.11. The molecule has 2 amide bonds. The quantitative estimate of drug-likeness (QED) is 0.269. The van der Waals surface area contributed by atoms with Crippen LogP contribution in [-0.2, 0) is 35.0 Å². The summed E-state index contributed by atoms with van der Waals surface area (Å²) in [5, 5.41) is 24.6. The summed E-state index contributed by atoms with van der Waals surface area (Å²) < 4.78 is 1.66. The summed E-state index contributed by atoms with van der Waals surface area (Å²) in [7, 11) is 1.56. The van der Waals surface area contributed by atoms with Crippen LogP contribution in [0, 0.1) is 0 Å². The first-order valence-corrected chi connectivity index (χ1v) is 8.43. The summed E-state index contributed by atoms with van der Waals surface area (Å²) in [6.07, 6.45) is 1.53. The molecular formula is C16H13AuClN8OS+. The number of nitrogens with one attached hydrogen (secondary N) is 2. The van der Waals surface area contributed by atoms with E-state index in [9.17, 15) is 4.79 Å². The monoisotopic (exact) mass is 597 g/mol. The van der Waals surface area contributed by atoms with E-state index in [0.717, 1.165) is 16.7 Å². The van der Waals surface area contributed by atoms with Crippen molar-refractivity contribution in [3.8, 4) is 5.69 Å². The Morgan fingerprint density at radius 2 is 2.04 bits per heavy atom. The Bertz CT molecular complexity index is 1070. The van der Waals surface area contributed by atoms with Gasteiger partial charge in [-0.15, -0.1) is 5.10 Å². The van der Waals surface area contributed by atoms with Gasteiger partial charge < -0.3 is 38.0 Å². The molecule has 0 aliphatic heterocycles. The molecule has 0 radical (unpaired) electrons. The number of rotatable bonds is 2. The predicted octanol–water partition coefficient (Wildman–Crippen LogP) is 2.16. The van der Waals surface area contributed by atoms with Crippen molar-refractivity contribution in [1.29, 1.82) is 0 Å². The first-order valence-electron chi connectivity index (χ1n) is 7.64. The van der Waals surface area contributed by atoms with E-state index in [1.807, 2.05) is 12.1 Å². The first kappa shape index (κ1) is 21.8. The van der Waals surface area contributed by atoms with Crippen LogP contribution in [0.4, 0.5) is 10.5 Å². The molecule has 2 N–H and O–H groups in total. The van der Waals surface area contributed by atoms with Crippen molar-refractivity contribution in [1.82, 2.24) is 35.5 Å². The number of hydrogen-bond donors (Lipinski definition) is 2. The van der Waals surface area contributed by atoms with Gasteiger partial charge in [-0.2, -0.15) is 5.10 Å². The topological polar surface area (TPSA) is 112 Å². The number of carbonyl (C=O) groups excluding carboxylic acids is 1. The molecule has 2 aromatic heterocycles. The van der Waals surface area contributed by atoms with Gasteiger partial charge in [-0.3, -0.25) is 5.21 Å². The Hall–Kier alpha value is -2.50. The van der Waals surface area contributed by atoms with Gasteiger partial charge >= 0.3 is 28.4 Å². The molecule has 146 valence electrons. The van der Waals surface area contributed by atoms with Crippen LogP contribution in [-0.4, -0.2) is 38.2 Å². The van der Waals surface area contributed by atoms with Crippen molar-refractivity contribution in [2.45, 2.75) is 5.16 Å². The molecule has 9 nitrogen and oxygen atoms in total. The molecule has 28 heavy (non-hydrogen) atoms. The van der Waals surface area contributed by atoms with Gasteiger partial charge in [-0.05, 0) is 41.4 Å². The zero-order valence-corrected chi connectivity index (χ0v) is 18.0. The smallest absolute Gasteiger partial charge is 0.740 e. The molecule has 12 heteroatoms. The molecule has 2 aromatic carbocycles. The molecule has 4 aromatic rings. The van der Waals surface area contributed by atoms with Crippen molar-refractivity contribution >= 4 is 47.0 Å². The van der Waals surface area contributed by atoms with Crippen molar-refractivity contribution in [3.05, 3.63) is 53.8 Å². The maximum Gasteiger partial charge on any atom is 3.00 e. The summed E-state index contributed by atoms with van der Waals surface area (Å²) in [5.41, 5.74) is 3.00.